The molecule has 1 amide bonds. The zero-order valence-corrected chi connectivity index (χ0v) is 10.7. The third kappa shape index (κ3) is 7.27. The second-order valence-corrected chi connectivity index (χ2v) is 3.51. The van der Waals surface area contributed by atoms with Crippen molar-refractivity contribution in [3.8, 4) is 5.75 Å². The minimum absolute atomic E-state index is 0.0693. The van der Waals surface area contributed by atoms with Crippen molar-refractivity contribution >= 4 is 12.4 Å². The van der Waals surface area contributed by atoms with Crippen LogP contribution in [-0.2, 0) is 9.59 Å². The molecular formula is C13H19NO4. The maximum absolute atomic E-state index is 11.3. The third-order valence-corrected chi connectivity index (χ3v) is 2.02. The lowest BCUT2D eigenvalue weighted by molar-refractivity contribution is -0.123. The molecule has 0 unspecified atom stereocenters. The number of ether oxygens (including phenoxy) is 1. The van der Waals surface area contributed by atoms with Gasteiger partial charge in [0.05, 0.1) is 0 Å². The number of aryl methyl sites for hydroxylation is 1. The number of amides is 1. The Hall–Kier alpha value is -2.04. The van der Waals surface area contributed by atoms with Crippen LogP contribution in [0.25, 0.3) is 0 Å². The predicted molar refractivity (Wildman–Crippen MR) is 68.7 cm³/mol. The summed E-state index contributed by atoms with van der Waals surface area (Å²) in [4.78, 5) is 19.6. The number of para-hydroxylation sites is 1. The Morgan fingerprint density at radius 1 is 1.44 bits per heavy atom. The van der Waals surface area contributed by atoms with Gasteiger partial charge in [-0.15, -0.1) is 0 Å². The molecule has 0 saturated heterocycles. The summed E-state index contributed by atoms with van der Waals surface area (Å²) in [5, 5.41) is 9.65. The first-order valence-electron chi connectivity index (χ1n) is 5.68. The number of hydrogen-bond acceptors (Lipinski definition) is 3. The molecule has 0 atom stereocenters. The van der Waals surface area contributed by atoms with Crippen LogP contribution in [0, 0.1) is 6.92 Å². The van der Waals surface area contributed by atoms with Crippen LogP contribution in [0.4, 0.5) is 0 Å². The molecular weight excluding hydrogens is 234 g/mol. The van der Waals surface area contributed by atoms with Crippen molar-refractivity contribution in [3.63, 3.8) is 0 Å². The van der Waals surface area contributed by atoms with Crippen LogP contribution in [0.1, 0.15) is 18.9 Å². The lowest BCUT2D eigenvalue weighted by Gasteiger charge is -2.08. The van der Waals surface area contributed by atoms with E-state index in [9.17, 15) is 4.79 Å². The van der Waals surface area contributed by atoms with Crippen LogP contribution in [0.15, 0.2) is 24.3 Å². The Balaban J connectivity index is 0.000000873. The second kappa shape index (κ2) is 10.1. The third-order valence-electron chi connectivity index (χ3n) is 2.02. The Bertz CT molecular complexity index is 366. The monoisotopic (exact) mass is 253 g/mol. The summed E-state index contributed by atoms with van der Waals surface area (Å²) in [6.07, 6.45) is 0.941. The van der Waals surface area contributed by atoms with E-state index in [0.29, 0.717) is 6.54 Å². The van der Waals surface area contributed by atoms with Gasteiger partial charge in [-0.25, -0.2) is 0 Å². The van der Waals surface area contributed by atoms with Gasteiger partial charge in [0.1, 0.15) is 5.75 Å². The Morgan fingerprint density at radius 2 is 2.06 bits per heavy atom. The summed E-state index contributed by atoms with van der Waals surface area (Å²) in [6.45, 7) is 4.52. The molecule has 18 heavy (non-hydrogen) atoms. The zero-order valence-electron chi connectivity index (χ0n) is 10.7. The summed E-state index contributed by atoms with van der Waals surface area (Å²) in [5.74, 6) is 0.698. The molecule has 0 bridgehead atoms. The summed E-state index contributed by atoms with van der Waals surface area (Å²) < 4.78 is 5.38. The van der Waals surface area contributed by atoms with E-state index in [-0.39, 0.29) is 19.0 Å². The minimum Gasteiger partial charge on any atom is -0.484 e. The molecule has 0 saturated carbocycles. The van der Waals surface area contributed by atoms with Gasteiger partial charge in [-0.3, -0.25) is 9.59 Å². The molecule has 1 aromatic carbocycles. The number of hydrogen-bond donors (Lipinski definition) is 2. The van der Waals surface area contributed by atoms with Crippen LogP contribution in [0.5, 0.6) is 5.75 Å². The second-order valence-electron chi connectivity index (χ2n) is 3.51. The van der Waals surface area contributed by atoms with Gasteiger partial charge in [0.25, 0.3) is 12.4 Å². The van der Waals surface area contributed by atoms with Crippen molar-refractivity contribution < 1.29 is 19.4 Å². The topological polar surface area (TPSA) is 75.6 Å². The molecule has 1 aromatic rings. The molecule has 1 rings (SSSR count). The fourth-order valence-corrected chi connectivity index (χ4v) is 1.18. The van der Waals surface area contributed by atoms with E-state index in [2.05, 4.69) is 5.32 Å². The Morgan fingerprint density at radius 3 is 2.61 bits per heavy atom. The van der Waals surface area contributed by atoms with Crippen molar-refractivity contribution in [1.82, 2.24) is 5.32 Å². The predicted octanol–water partition coefficient (Wildman–Crippen LogP) is 1.60. The van der Waals surface area contributed by atoms with Crippen molar-refractivity contribution in [2.45, 2.75) is 20.3 Å². The zero-order chi connectivity index (χ0) is 13.8. The molecule has 0 aliphatic carbocycles. The Labute approximate surface area is 107 Å². The van der Waals surface area contributed by atoms with E-state index < -0.39 is 0 Å². The summed E-state index contributed by atoms with van der Waals surface area (Å²) in [7, 11) is 0. The SMILES string of the molecule is CCCNC(=O)COc1ccccc1C.O=CO. The first-order chi connectivity index (χ1) is 8.65. The molecule has 5 heteroatoms. The number of benzene rings is 1. The number of nitrogens with one attached hydrogen (secondary N) is 1. The quantitative estimate of drug-likeness (QED) is 0.781. The maximum Gasteiger partial charge on any atom is 0.290 e. The smallest absolute Gasteiger partial charge is 0.290 e. The lowest BCUT2D eigenvalue weighted by Crippen LogP contribution is -2.29. The van der Waals surface area contributed by atoms with E-state index in [1.54, 1.807) is 0 Å². The van der Waals surface area contributed by atoms with Crippen molar-refractivity contribution in [2.75, 3.05) is 13.2 Å². The number of rotatable bonds is 5. The number of carbonyl (C=O) groups is 2. The van der Waals surface area contributed by atoms with E-state index in [4.69, 9.17) is 14.6 Å². The van der Waals surface area contributed by atoms with Gasteiger partial charge >= 0.3 is 0 Å². The van der Waals surface area contributed by atoms with Gasteiger partial charge in [0.15, 0.2) is 6.61 Å². The van der Waals surface area contributed by atoms with Gasteiger partial charge in [0.2, 0.25) is 0 Å². The fourth-order valence-electron chi connectivity index (χ4n) is 1.18. The van der Waals surface area contributed by atoms with E-state index >= 15 is 0 Å². The molecule has 0 heterocycles. The van der Waals surface area contributed by atoms with Gasteiger partial charge in [0, 0.05) is 6.54 Å². The average Bonchev–Trinajstić information content (AvgIpc) is 2.36. The molecule has 0 aliphatic heterocycles. The van der Waals surface area contributed by atoms with E-state index in [1.807, 2.05) is 38.1 Å². The fraction of sp³-hybridized carbons (Fsp3) is 0.385. The lowest BCUT2D eigenvalue weighted by atomic mass is 10.2. The van der Waals surface area contributed by atoms with Gasteiger partial charge < -0.3 is 15.2 Å². The summed E-state index contributed by atoms with van der Waals surface area (Å²) in [6, 6.07) is 7.66. The molecule has 0 radical (unpaired) electrons. The molecule has 0 aliphatic rings. The van der Waals surface area contributed by atoms with Crippen molar-refractivity contribution in [2.24, 2.45) is 0 Å². The van der Waals surface area contributed by atoms with Crippen LogP contribution < -0.4 is 10.1 Å². The first-order valence-corrected chi connectivity index (χ1v) is 5.68. The molecule has 5 nitrogen and oxygen atoms in total. The molecule has 100 valence electrons. The average molecular weight is 253 g/mol. The molecule has 0 aromatic heterocycles. The summed E-state index contributed by atoms with van der Waals surface area (Å²) in [5.41, 5.74) is 1.04. The van der Waals surface area contributed by atoms with Crippen LogP contribution >= 0.6 is 0 Å². The largest absolute Gasteiger partial charge is 0.484 e. The standard InChI is InChI=1S/C12H17NO2.CH2O2/c1-3-8-13-12(14)9-15-11-7-5-4-6-10(11)2;2-1-3/h4-7H,3,8-9H2,1-2H3,(H,13,14);1H,(H,2,3). The molecule has 2 N–H and O–H groups in total. The van der Waals surface area contributed by atoms with Gasteiger partial charge in [-0.1, -0.05) is 25.1 Å². The number of carbonyl (C=O) groups excluding carboxylic acids is 1. The minimum atomic E-state index is -0.250. The van der Waals surface area contributed by atoms with E-state index in [1.165, 1.54) is 0 Å². The first kappa shape index (κ1) is 16.0. The van der Waals surface area contributed by atoms with Crippen LogP contribution in [0.2, 0.25) is 0 Å². The highest BCUT2D eigenvalue weighted by molar-refractivity contribution is 5.77. The van der Waals surface area contributed by atoms with Crippen molar-refractivity contribution in [3.05, 3.63) is 29.8 Å². The molecule has 0 spiro atoms. The van der Waals surface area contributed by atoms with Gasteiger partial charge in [-0.05, 0) is 25.0 Å². The van der Waals surface area contributed by atoms with Crippen molar-refractivity contribution in [1.29, 1.82) is 0 Å². The highest BCUT2D eigenvalue weighted by Gasteiger charge is 2.02. The molecule has 0 fully saturated rings. The highest BCUT2D eigenvalue weighted by atomic mass is 16.5. The van der Waals surface area contributed by atoms with Gasteiger partial charge in [-0.2, -0.15) is 0 Å². The highest BCUT2D eigenvalue weighted by Crippen LogP contribution is 2.15. The van der Waals surface area contributed by atoms with Crippen LogP contribution in [0.3, 0.4) is 0 Å². The number of carboxylic acid groups (broad SMARTS) is 1. The van der Waals surface area contributed by atoms with Crippen LogP contribution in [-0.4, -0.2) is 30.6 Å². The normalized spacial score (nSPS) is 8.78. The summed E-state index contributed by atoms with van der Waals surface area (Å²) >= 11 is 0. The van der Waals surface area contributed by atoms with E-state index in [0.717, 1.165) is 17.7 Å². The Kier molecular flexibility index (Phi) is 8.99. The maximum atomic E-state index is 11.3.